The van der Waals surface area contributed by atoms with E-state index in [-0.39, 0.29) is 6.42 Å². The molecule has 0 aliphatic carbocycles. The summed E-state index contributed by atoms with van der Waals surface area (Å²) in [6.45, 7) is 0. The molecule has 0 fully saturated rings. The zero-order valence-corrected chi connectivity index (χ0v) is 13.1. The highest BCUT2D eigenvalue weighted by Crippen LogP contribution is 2.30. The first-order valence-electron chi connectivity index (χ1n) is 7.64. The molecular weight excluding hydrogens is 322 g/mol. The van der Waals surface area contributed by atoms with E-state index in [1.807, 2.05) is 48.5 Å². The van der Waals surface area contributed by atoms with Gasteiger partial charge in [-0.2, -0.15) is 0 Å². The van der Waals surface area contributed by atoms with Gasteiger partial charge in [-0.05, 0) is 24.1 Å². The van der Waals surface area contributed by atoms with Gasteiger partial charge in [0.2, 0.25) is 0 Å². The van der Waals surface area contributed by atoms with Crippen LogP contribution in [0.1, 0.15) is 12.1 Å². The smallest absolute Gasteiger partial charge is 0.318 e. The van der Waals surface area contributed by atoms with Crippen LogP contribution >= 0.6 is 0 Å². The van der Waals surface area contributed by atoms with Gasteiger partial charge >= 0.3 is 11.9 Å². The first-order chi connectivity index (χ1) is 12.1. The molecule has 0 radical (unpaired) electrons. The molecule has 0 aliphatic rings. The van der Waals surface area contributed by atoms with Gasteiger partial charge in [-0.15, -0.1) is 0 Å². The Hall–Kier alpha value is -3.41. The molecule has 0 spiro atoms. The average molecular weight is 337 g/mol. The summed E-state index contributed by atoms with van der Waals surface area (Å²) in [5, 5.41) is 22.6. The number of fused-ring (bicyclic) bond motifs is 1. The normalized spacial score (nSPS) is 11.4. The lowest BCUT2D eigenvalue weighted by Crippen LogP contribution is -2.22. The van der Waals surface area contributed by atoms with Gasteiger partial charge in [-0.25, -0.2) is 0 Å². The van der Waals surface area contributed by atoms with Crippen molar-refractivity contribution in [3.63, 3.8) is 0 Å². The minimum Gasteiger partial charge on any atom is -0.481 e. The lowest BCUT2D eigenvalue weighted by Gasteiger charge is -2.02. The first kappa shape index (κ1) is 16.4. The lowest BCUT2D eigenvalue weighted by atomic mass is 10.0. The zero-order valence-electron chi connectivity index (χ0n) is 13.1. The quantitative estimate of drug-likeness (QED) is 0.665. The minimum absolute atomic E-state index is 0.128. The van der Waals surface area contributed by atoms with Crippen LogP contribution in [-0.4, -0.2) is 27.3 Å². The van der Waals surface area contributed by atoms with E-state index in [1.165, 1.54) is 6.08 Å². The number of nitrogens with zero attached hydrogens (tertiary/aromatic N) is 1. The number of allylic oxidation sites excluding steroid dienone is 1. The number of aliphatic carboxylic acids is 2. The van der Waals surface area contributed by atoms with Crippen LogP contribution in [0.25, 0.3) is 28.2 Å². The maximum absolute atomic E-state index is 10.9. The maximum Gasteiger partial charge on any atom is 0.318 e. The molecule has 0 unspecified atom stereocenters. The van der Waals surface area contributed by atoms with E-state index in [1.54, 1.807) is 6.08 Å². The highest BCUT2D eigenvalue weighted by atomic mass is 16.5. The minimum atomic E-state index is -1.48. The van der Waals surface area contributed by atoms with Gasteiger partial charge in [0.1, 0.15) is 5.69 Å². The van der Waals surface area contributed by atoms with Gasteiger partial charge in [0.05, 0.1) is 0 Å². The summed E-state index contributed by atoms with van der Waals surface area (Å²) in [5.74, 6) is -4.21. The SMILES string of the molecule is O=C(O)C(C/C=C/c1noc2c(-c3ccccc3)cccc12)C(=O)O. The van der Waals surface area contributed by atoms with Crippen molar-refractivity contribution in [2.75, 3.05) is 0 Å². The summed E-state index contributed by atoms with van der Waals surface area (Å²) in [7, 11) is 0. The van der Waals surface area contributed by atoms with Crippen molar-refractivity contribution in [1.82, 2.24) is 5.16 Å². The molecule has 2 N–H and O–H groups in total. The summed E-state index contributed by atoms with van der Waals surface area (Å²) in [6.07, 6.45) is 2.94. The Morgan fingerprint density at radius 1 is 1.04 bits per heavy atom. The number of aromatic nitrogens is 1. The van der Waals surface area contributed by atoms with Crippen molar-refractivity contribution in [1.29, 1.82) is 0 Å². The van der Waals surface area contributed by atoms with E-state index >= 15 is 0 Å². The predicted molar refractivity (Wildman–Crippen MR) is 91.9 cm³/mol. The van der Waals surface area contributed by atoms with E-state index < -0.39 is 17.9 Å². The van der Waals surface area contributed by atoms with Crippen molar-refractivity contribution in [3.05, 3.63) is 60.3 Å². The molecule has 1 aromatic heterocycles. The molecule has 0 atom stereocenters. The van der Waals surface area contributed by atoms with Crippen LogP contribution in [0.3, 0.4) is 0 Å². The number of carboxylic acids is 2. The molecule has 0 amide bonds. The van der Waals surface area contributed by atoms with Crippen molar-refractivity contribution in [3.8, 4) is 11.1 Å². The van der Waals surface area contributed by atoms with Crippen molar-refractivity contribution >= 4 is 29.0 Å². The predicted octanol–water partition coefficient (Wildman–Crippen LogP) is 3.68. The highest BCUT2D eigenvalue weighted by molar-refractivity contribution is 5.96. The standard InChI is InChI=1S/C19H15NO5/c21-18(22)15(19(23)24)10-5-11-16-14-9-4-8-13(17(14)25-20-16)12-6-2-1-3-7-12/h1-9,11,15H,10H2,(H,21,22)(H,23,24)/b11-5+. The Bertz CT molecular complexity index is 929. The van der Waals surface area contributed by atoms with Crippen molar-refractivity contribution < 1.29 is 24.3 Å². The fourth-order valence-electron chi connectivity index (χ4n) is 2.57. The highest BCUT2D eigenvalue weighted by Gasteiger charge is 2.24. The number of carbonyl (C=O) groups is 2. The maximum atomic E-state index is 10.9. The fourth-order valence-corrected chi connectivity index (χ4v) is 2.57. The number of para-hydroxylation sites is 1. The molecule has 1 heterocycles. The molecule has 3 aromatic rings. The number of hydrogen-bond acceptors (Lipinski definition) is 4. The van der Waals surface area contributed by atoms with Crippen molar-refractivity contribution in [2.24, 2.45) is 5.92 Å². The largest absolute Gasteiger partial charge is 0.481 e. The van der Waals surface area contributed by atoms with Crippen LogP contribution in [-0.2, 0) is 9.59 Å². The zero-order chi connectivity index (χ0) is 17.8. The van der Waals surface area contributed by atoms with Crippen LogP contribution in [0.4, 0.5) is 0 Å². The second kappa shape index (κ2) is 7.00. The second-order valence-electron chi connectivity index (χ2n) is 5.48. The Morgan fingerprint density at radius 2 is 1.76 bits per heavy atom. The number of benzene rings is 2. The van der Waals surface area contributed by atoms with Crippen LogP contribution in [0.15, 0.2) is 59.1 Å². The third-order valence-corrected chi connectivity index (χ3v) is 3.85. The molecular formula is C19H15NO5. The summed E-state index contributed by atoms with van der Waals surface area (Å²) in [6, 6.07) is 15.4. The molecule has 6 nitrogen and oxygen atoms in total. The van der Waals surface area contributed by atoms with Gasteiger partial charge in [-0.1, -0.05) is 53.7 Å². The van der Waals surface area contributed by atoms with Gasteiger partial charge in [0.25, 0.3) is 0 Å². The van der Waals surface area contributed by atoms with Crippen LogP contribution < -0.4 is 0 Å². The monoisotopic (exact) mass is 337 g/mol. The van der Waals surface area contributed by atoms with E-state index in [0.29, 0.717) is 11.3 Å². The van der Waals surface area contributed by atoms with Crippen molar-refractivity contribution in [2.45, 2.75) is 6.42 Å². The average Bonchev–Trinajstić information content (AvgIpc) is 3.02. The number of rotatable bonds is 6. The fraction of sp³-hybridized carbons (Fsp3) is 0.105. The van der Waals surface area contributed by atoms with Crippen LogP contribution in [0.5, 0.6) is 0 Å². The summed E-state index contributed by atoms with van der Waals surface area (Å²) in [5.41, 5.74) is 3.06. The Kier molecular flexibility index (Phi) is 4.61. The van der Waals surface area contributed by atoms with E-state index in [2.05, 4.69) is 5.16 Å². The Morgan fingerprint density at radius 3 is 2.44 bits per heavy atom. The van der Waals surface area contributed by atoms with Crippen LogP contribution in [0, 0.1) is 5.92 Å². The Balaban J connectivity index is 1.91. The Labute approximate surface area is 143 Å². The van der Waals surface area contributed by atoms with Gasteiger partial charge in [0, 0.05) is 10.9 Å². The lowest BCUT2D eigenvalue weighted by molar-refractivity contribution is -0.154. The molecule has 0 saturated heterocycles. The van der Waals surface area contributed by atoms with E-state index in [9.17, 15) is 9.59 Å². The van der Waals surface area contributed by atoms with E-state index in [0.717, 1.165) is 16.5 Å². The van der Waals surface area contributed by atoms with Gasteiger partial charge in [-0.3, -0.25) is 9.59 Å². The molecule has 3 rings (SSSR count). The molecule has 2 aromatic carbocycles. The molecule has 0 aliphatic heterocycles. The molecule has 126 valence electrons. The molecule has 25 heavy (non-hydrogen) atoms. The molecule has 6 heteroatoms. The van der Waals surface area contributed by atoms with E-state index in [4.69, 9.17) is 14.7 Å². The number of carboxylic acid groups (broad SMARTS) is 2. The first-order valence-corrected chi connectivity index (χ1v) is 7.64. The topological polar surface area (TPSA) is 101 Å². The molecule has 0 bridgehead atoms. The summed E-state index contributed by atoms with van der Waals surface area (Å²) in [4.78, 5) is 21.8. The summed E-state index contributed by atoms with van der Waals surface area (Å²) >= 11 is 0. The molecule has 0 saturated carbocycles. The second-order valence-corrected chi connectivity index (χ2v) is 5.48. The van der Waals surface area contributed by atoms with Crippen LogP contribution in [0.2, 0.25) is 0 Å². The third-order valence-electron chi connectivity index (χ3n) is 3.85. The number of hydrogen-bond donors (Lipinski definition) is 2. The third kappa shape index (κ3) is 3.42. The summed E-state index contributed by atoms with van der Waals surface area (Å²) < 4.78 is 5.45. The van der Waals surface area contributed by atoms with Gasteiger partial charge < -0.3 is 14.7 Å². The van der Waals surface area contributed by atoms with Gasteiger partial charge in [0.15, 0.2) is 11.5 Å².